The Morgan fingerprint density at radius 1 is 1.47 bits per heavy atom. The van der Waals surface area contributed by atoms with E-state index in [9.17, 15) is 12.8 Å². The van der Waals surface area contributed by atoms with E-state index in [0.717, 1.165) is 0 Å². The SMILES string of the molecule is Nc1ccc(F)cc1NCC1CCCS1(=O)=O. The largest absolute Gasteiger partial charge is 0.397 e. The summed E-state index contributed by atoms with van der Waals surface area (Å²) >= 11 is 0. The molecular formula is C11H15FN2O2S. The first kappa shape index (κ1) is 12.2. The fraction of sp³-hybridized carbons (Fsp3) is 0.455. The van der Waals surface area contributed by atoms with Crippen molar-refractivity contribution in [2.45, 2.75) is 18.1 Å². The smallest absolute Gasteiger partial charge is 0.154 e. The monoisotopic (exact) mass is 258 g/mol. The van der Waals surface area contributed by atoms with Crippen LogP contribution in [0.4, 0.5) is 15.8 Å². The van der Waals surface area contributed by atoms with E-state index >= 15 is 0 Å². The molecule has 0 radical (unpaired) electrons. The minimum absolute atomic E-state index is 0.248. The zero-order valence-corrected chi connectivity index (χ0v) is 10.1. The number of nitrogens with one attached hydrogen (secondary N) is 1. The first-order valence-corrected chi connectivity index (χ1v) is 7.21. The summed E-state index contributed by atoms with van der Waals surface area (Å²) in [5.74, 6) is -0.145. The van der Waals surface area contributed by atoms with Crippen molar-refractivity contribution in [2.24, 2.45) is 0 Å². The molecule has 4 nitrogen and oxygen atoms in total. The lowest BCUT2D eigenvalue weighted by molar-refractivity contribution is 0.591. The van der Waals surface area contributed by atoms with Gasteiger partial charge in [-0.25, -0.2) is 12.8 Å². The lowest BCUT2D eigenvalue weighted by Crippen LogP contribution is -2.25. The second-order valence-electron chi connectivity index (χ2n) is 4.24. The van der Waals surface area contributed by atoms with E-state index in [4.69, 9.17) is 5.73 Å². The average Bonchev–Trinajstić information content (AvgIpc) is 2.59. The van der Waals surface area contributed by atoms with Crippen molar-refractivity contribution < 1.29 is 12.8 Å². The normalized spacial score (nSPS) is 22.5. The van der Waals surface area contributed by atoms with E-state index < -0.39 is 15.7 Å². The molecular weight excluding hydrogens is 243 g/mol. The molecule has 6 heteroatoms. The second-order valence-corrected chi connectivity index (χ2v) is 6.64. The Bertz CT molecular complexity index is 516. The van der Waals surface area contributed by atoms with Gasteiger partial charge in [-0.1, -0.05) is 0 Å². The first-order chi connectivity index (χ1) is 7.99. The van der Waals surface area contributed by atoms with Crippen LogP contribution >= 0.6 is 0 Å². The van der Waals surface area contributed by atoms with Crippen LogP contribution in [0.1, 0.15) is 12.8 Å². The molecule has 1 heterocycles. The maximum atomic E-state index is 13.0. The molecule has 0 amide bonds. The summed E-state index contributed by atoms with van der Waals surface area (Å²) in [4.78, 5) is 0. The minimum Gasteiger partial charge on any atom is -0.397 e. The summed E-state index contributed by atoms with van der Waals surface area (Å²) in [5.41, 5.74) is 6.53. The Kier molecular flexibility index (Phi) is 3.24. The molecule has 17 heavy (non-hydrogen) atoms. The third kappa shape index (κ3) is 2.69. The van der Waals surface area contributed by atoms with Crippen LogP contribution in [-0.4, -0.2) is 26.0 Å². The highest BCUT2D eigenvalue weighted by Gasteiger charge is 2.30. The third-order valence-electron chi connectivity index (χ3n) is 3.00. The molecule has 1 aliphatic rings. The lowest BCUT2D eigenvalue weighted by atomic mass is 10.2. The molecule has 3 N–H and O–H groups in total. The van der Waals surface area contributed by atoms with Gasteiger partial charge in [0.2, 0.25) is 0 Å². The topological polar surface area (TPSA) is 72.2 Å². The first-order valence-electron chi connectivity index (χ1n) is 5.49. The Morgan fingerprint density at radius 3 is 2.88 bits per heavy atom. The van der Waals surface area contributed by atoms with Gasteiger partial charge in [-0.3, -0.25) is 0 Å². The zero-order chi connectivity index (χ0) is 12.5. The minimum atomic E-state index is -2.98. The highest BCUT2D eigenvalue weighted by molar-refractivity contribution is 7.92. The Hall–Kier alpha value is -1.30. The van der Waals surface area contributed by atoms with Crippen LogP contribution in [0.5, 0.6) is 0 Å². The van der Waals surface area contributed by atoms with Crippen LogP contribution < -0.4 is 11.1 Å². The van der Waals surface area contributed by atoms with Crippen molar-refractivity contribution in [3.63, 3.8) is 0 Å². The number of hydrogen-bond donors (Lipinski definition) is 2. The van der Waals surface area contributed by atoms with Gasteiger partial charge in [0.1, 0.15) is 5.82 Å². The van der Waals surface area contributed by atoms with E-state index in [0.29, 0.717) is 24.2 Å². The summed E-state index contributed by atoms with van der Waals surface area (Å²) in [6.45, 7) is 0.288. The van der Waals surface area contributed by atoms with Crippen LogP contribution in [0.25, 0.3) is 0 Å². The number of hydrogen-bond acceptors (Lipinski definition) is 4. The van der Waals surface area contributed by atoms with Crippen molar-refractivity contribution in [2.75, 3.05) is 23.3 Å². The molecule has 1 aromatic carbocycles. The van der Waals surface area contributed by atoms with Crippen LogP contribution in [-0.2, 0) is 9.84 Å². The van der Waals surface area contributed by atoms with Crippen LogP contribution in [0.15, 0.2) is 18.2 Å². The number of nitrogens with two attached hydrogens (primary N) is 1. The fourth-order valence-electron chi connectivity index (χ4n) is 1.99. The Labute approximate surface area is 99.9 Å². The highest BCUT2D eigenvalue weighted by Crippen LogP contribution is 2.23. The van der Waals surface area contributed by atoms with E-state index in [1.807, 2.05) is 0 Å². The van der Waals surface area contributed by atoms with Crippen LogP contribution in [0, 0.1) is 5.82 Å². The van der Waals surface area contributed by atoms with Gasteiger partial charge in [0.15, 0.2) is 9.84 Å². The van der Waals surface area contributed by atoms with Gasteiger partial charge in [0.05, 0.1) is 22.4 Å². The summed E-state index contributed by atoms with van der Waals surface area (Å²) in [6.07, 6.45) is 1.36. The molecule has 0 aromatic heterocycles. The Morgan fingerprint density at radius 2 is 2.24 bits per heavy atom. The predicted octanol–water partition coefficient (Wildman–Crippen LogP) is 1.40. The van der Waals surface area contributed by atoms with Gasteiger partial charge in [0, 0.05) is 6.54 Å². The number of benzene rings is 1. The van der Waals surface area contributed by atoms with Gasteiger partial charge in [-0.15, -0.1) is 0 Å². The molecule has 0 spiro atoms. The van der Waals surface area contributed by atoms with Gasteiger partial charge in [0.25, 0.3) is 0 Å². The van der Waals surface area contributed by atoms with Gasteiger partial charge >= 0.3 is 0 Å². The Balaban J connectivity index is 2.05. The maximum Gasteiger partial charge on any atom is 0.154 e. The van der Waals surface area contributed by atoms with Crippen molar-refractivity contribution in [1.82, 2.24) is 0 Å². The van der Waals surface area contributed by atoms with E-state index in [1.165, 1.54) is 18.2 Å². The number of sulfone groups is 1. The van der Waals surface area contributed by atoms with Crippen molar-refractivity contribution in [3.8, 4) is 0 Å². The number of anilines is 2. The number of halogens is 1. The highest BCUT2D eigenvalue weighted by atomic mass is 32.2. The summed E-state index contributed by atoms with van der Waals surface area (Å²) < 4.78 is 36.2. The molecule has 1 atom stereocenters. The average molecular weight is 258 g/mol. The quantitative estimate of drug-likeness (QED) is 0.804. The zero-order valence-electron chi connectivity index (χ0n) is 9.32. The van der Waals surface area contributed by atoms with Crippen LogP contribution in [0.2, 0.25) is 0 Å². The molecule has 94 valence electrons. The maximum absolute atomic E-state index is 13.0. The van der Waals surface area contributed by atoms with Gasteiger partial charge in [-0.2, -0.15) is 0 Å². The van der Waals surface area contributed by atoms with Crippen molar-refractivity contribution in [1.29, 1.82) is 0 Å². The van der Waals surface area contributed by atoms with Crippen molar-refractivity contribution >= 4 is 21.2 Å². The molecule has 1 fully saturated rings. The van der Waals surface area contributed by atoms with E-state index in [2.05, 4.69) is 5.32 Å². The molecule has 0 saturated carbocycles. The number of rotatable bonds is 3. The molecule has 1 unspecified atom stereocenters. The van der Waals surface area contributed by atoms with Crippen LogP contribution in [0.3, 0.4) is 0 Å². The molecule has 1 aromatic rings. The third-order valence-corrected chi connectivity index (χ3v) is 5.27. The standard InChI is InChI=1S/C11H15FN2O2S/c12-8-3-4-10(13)11(6-8)14-7-9-2-1-5-17(9,15)16/h3-4,6,9,14H,1-2,5,7,13H2. The fourth-order valence-corrected chi connectivity index (χ4v) is 3.76. The predicted molar refractivity (Wildman–Crippen MR) is 66.1 cm³/mol. The summed E-state index contributed by atoms with van der Waals surface area (Å²) in [7, 11) is -2.98. The summed E-state index contributed by atoms with van der Waals surface area (Å²) in [6, 6.07) is 4.00. The van der Waals surface area contributed by atoms with Gasteiger partial charge < -0.3 is 11.1 Å². The molecule has 0 bridgehead atoms. The van der Waals surface area contributed by atoms with Crippen molar-refractivity contribution in [3.05, 3.63) is 24.0 Å². The van der Waals surface area contributed by atoms with Gasteiger partial charge in [-0.05, 0) is 31.0 Å². The lowest BCUT2D eigenvalue weighted by Gasteiger charge is -2.13. The van der Waals surface area contributed by atoms with E-state index in [1.54, 1.807) is 0 Å². The summed E-state index contributed by atoms with van der Waals surface area (Å²) in [5, 5.41) is 2.52. The second kappa shape index (κ2) is 4.52. The molecule has 1 saturated heterocycles. The molecule has 0 aliphatic carbocycles. The van der Waals surface area contributed by atoms with E-state index in [-0.39, 0.29) is 17.5 Å². The molecule has 2 rings (SSSR count). The molecule has 1 aliphatic heterocycles. The number of nitrogen functional groups attached to an aromatic ring is 1.